The van der Waals surface area contributed by atoms with Crippen molar-refractivity contribution < 1.29 is 9.84 Å². The van der Waals surface area contributed by atoms with E-state index in [0.29, 0.717) is 16.6 Å². The second-order valence-electron chi connectivity index (χ2n) is 6.89. The molecular weight excluding hydrogens is 380 g/mol. The van der Waals surface area contributed by atoms with E-state index in [-0.39, 0.29) is 23.9 Å². The molecule has 2 heterocycles. The molecule has 0 amide bonds. The van der Waals surface area contributed by atoms with Gasteiger partial charge in [-0.25, -0.2) is 9.78 Å². The number of aliphatic hydroxyl groups is 1. The molecule has 8 nitrogen and oxygen atoms in total. The second-order valence-corrected chi connectivity index (χ2v) is 8.44. The van der Waals surface area contributed by atoms with Crippen molar-refractivity contribution in [1.82, 2.24) is 19.1 Å². The summed E-state index contributed by atoms with van der Waals surface area (Å²) in [5.41, 5.74) is 0.495. The lowest BCUT2D eigenvalue weighted by atomic mass is 10.2. The van der Waals surface area contributed by atoms with Crippen LogP contribution in [0.3, 0.4) is 0 Å². The van der Waals surface area contributed by atoms with Gasteiger partial charge in [-0.15, -0.1) is 0 Å². The zero-order valence-electron chi connectivity index (χ0n) is 16.3. The summed E-state index contributed by atoms with van der Waals surface area (Å²) in [7, 11) is 1.56. The first-order chi connectivity index (χ1) is 13.3. The number of rotatable bonds is 7. The van der Waals surface area contributed by atoms with Crippen molar-refractivity contribution in [3.05, 3.63) is 50.7 Å². The monoisotopic (exact) mass is 404 g/mol. The Labute approximate surface area is 166 Å². The maximum Gasteiger partial charge on any atom is 0.329 e. The minimum absolute atomic E-state index is 0.0694. The van der Waals surface area contributed by atoms with Crippen LogP contribution in [0.4, 0.5) is 0 Å². The molecule has 0 radical (unpaired) electrons. The molecule has 1 atom stereocenters. The summed E-state index contributed by atoms with van der Waals surface area (Å²) in [5, 5.41) is 11.3. The topological polar surface area (TPSA) is 102 Å². The van der Waals surface area contributed by atoms with E-state index in [0.717, 1.165) is 5.56 Å². The van der Waals surface area contributed by atoms with Crippen LogP contribution in [-0.4, -0.2) is 42.2 Å². The molecule has 0 aliphatic heterocycles. The number of aryl methyl sites for hydroxylation is 2. The standard InChI is InChI=1S/C19H24N4O4S/c1-11(2)28-19-20-16-15(17(25)21-18(26)22(16)4)23(19)9-13(24)10-27-14-8-6-5-7-12(14)3/h5-8,11,13,24H,9-10H2,1-4H3,(H,21,25,26)/t13-/m1/s1. The van der Waals surface area contributed by atoms with E-state index >= 15 is 0 Å². The van der Waals surface area contributed by atoms with Gasteiger partial charge in [0.05, 0.1) is 6.54 Å². The maximum absolute atomic E-state index is 12.4. The zero-order chi connectivity index (χ0) is 20.4. The number of hydrogen-bond donors (Lipinski definition) is 2. The number of imidazole rings is 1. The van der Waals surface area contributed by atoms with Gasteiger partial charge in [0.1, 0.15) is 18.5 Å². The van der Waals surface area contributed by atoms with Gasteiger partial charge in [0, 0.05) is 12.3 Å². The smallest absolute Gasteiger partial charge is 0.329 e. The molecule has 28 heavy (non-hydrogen) atoms. The highest BCUT2D eigenvalue weighted by atomic mass is 32.2. The lowest BCUT2D eigenvalue weighted by Gasteiger charge is -2.16. The van der Waals surface area contributed by atoms with E-state index in [1.165, 1.54) is 16.3 Å². The first kappa shape index (κ1) is 20.2. The third-order valence-corrected chi connectivity index (χ3v) is 5.23. The van der Waals surface area contributed by atoms with Gasteiger partial charge in [-0.05, 0) is 18.6 Å². The molecule has 0 fully saturated rings. The number of nitrogens with zero attached hydrogens (tertiary/aromatic N) is 3. The Balaban J connectivity index is 1.92. The average Bonchev–Trinajstić information content (AvgIpc) is 2.97. The van der Waals surface area contributed by atoms with Gasteiger partial charge in [0.2, 0.25) is 0 Å². The van der Waals surface area contributed by atoms with E-state index in [4.69, 9.17) is 4.74 Å². The first-order valence-corrected chi connectivity index (χ1v) is 9.88. The highest BCUT2D eigenvalue weighted by molar-refractivity contribution is 7.99. The van der Waals surface area contributed by atoms with Gasteiger partial charge >= 0.3 is 5.69 Å². The van der Waals surface area contributed by atoms with Crippen molar-refractivity contribution in [2.24, 2.45) is 7.05 Å². The Morgan fingerprint density at radius 3 is 2.68 bits per heavy atom. The number of fused-ring (bicyclic) bond motifs is 1. The van der Waals surface area contributed by atoms with Crippen molar-refractivity contribution in [1.29, 1.82) is 0 Å². The fraction of sp³-hybridized carbons (Fsp3) is 0.421. The van der Waals surface area contributed by atoms with Crippen LogP contribution < -0.4 is 16.0 Å². The van der Waals surface area contributed by atoms with Crippen LogP contribution >= 0.6 is 11.8 Å². The SMILES string of the molecule is Cc1ccccc1OC[C@H](O)Cn1c(SC(C)C)nc2c1c(=O)[nH]c(=O)n2C. The third-order valence-electron chi connectivity index (χ3n) is 4.23. The molecule has 2 N–H and O–H groups in total. The fourth-order valence-electron chi connectivity index (χ4n) is 2.85. The molecule has 3 rings (SSSR count). The average molecular weight is 404 g/mol. The van der Waals surface area contributed by atoms with E-state index in [1.54, 1.807) is 11.6 Å². The van der Waals surface area contributed by atoms with Crippen molar-refractivity contribution in [3.63, 3.8) is 0 Å². The van der Waals surface area contributed by atoms with Gasteiger partial charge < -0.3 is 14.4 Å². The molecule has 9 heteroatoms. The van der Waals surface area contributed by atoms with E-state index in [1.807, 2.05) is 45.0 Å². The van der Waals surface area contributed by atoms with Crippen LogP contribution in [0.2, 0.25) is 0 Å². The third kappa shape index (κ3) is 4.15. The van der Waals surface area contributed by atoms with Crippen molar-refractivity contribution >= 4 is 22.9 Å². The normalized spacial score (nSPS) is 12.6. The highest BCUT2D eigenvalue weighted by Crippen LogP contribution is 2.25. The summed E-state index contributed by atoms with van der Waals surface area (Å²) < 4.78 is 8.68. The number of benzene rings is 1. The number of hydrogen-bond acceptors (Lipinski definition) is 6. The quantitative estimate of drug-likeness (QED) is 0.581. The minimum atomic E-state index is -0.861. The molecule has 150 valence electrons. The summed E-state index contributed by atoms with van der Waals surface area (Å²) in [4.78, 5) is 31.1. The van der Waals surface area contributed by atoms with Crippen LogP contribution in [0.1, 0.15) is 19.4 Å². The van der Waals surface area contributed by atoms with Crippen molar-refractivity contribution in [2.45, 2.75) is 43.8 Å². The lowest BCUT2D eigenvalue weighted by molar-refractivity contribution is 0.0910. The molecule has 0 spiro atoms. The summed E-state index contributed by atoms with van der Waals surface area (Å²) in [5.74, 6) is 0.703. The summed E-state index contributed by atoms with van der Waals surface area (Å²) in [6, 6.07) is 7.56. The zero-order valence-corrected chi connectivity index (χ0v) is 17.1. The van der Waals surface area contributed by atoms with E-state index < -0.39 is 17.4 Å². The van der Waals surface area contributed by atoms with Crippen LogP contribution in [0.5, 0.6) is 5.75 Å². The number of thioether (sulfide) groups is 1. The fourth-order valence-corrected chi connectivity index (χ4v) is 3.71. The van der Waals surface area contributed by atoms with Crippen LogP contribution in [0.25, 0.3) is 11.2 Å². The molecule has 3 aromatic rings. The van der Waals surface area contributed by atoms with Crippen molar-refractivity contribution in [2.75, 3.05) is 6.61 Å². The number of para-hydroxylation sites is 1. The van der Waals surface area contributed by atoms with Gasteiger partial charge in [-0.3, -0.25) is 14.3 Å². The van der Waals surface area contributed by atoms with E-state index in [9.17, 15) is 14.7 Å². The van der Waals surface area contributed by atoms with Crippen molar-refractivity contribution in [3.8, 4) is 5.75 Å². The molecule has 0 bridgehead atoms. The first-order valence-electron chi connectivity index (χ1n) is 9.00. The number of aromatic nitrogens is 4. The Morgan fingerprint density at radius 2 is 2.00 bits per heavy atom. The molecule has 2 aromatic heterocycles. The highest BCUT2D eigenvalue weighted by Gasteiger charge is 2.21. The molecule has 0 saturated carbocycles. The Hall–Kier alpha value is -2.52. The molecular formula is C19H24N4O4S. The second kappa shape index (κ2) is 8.24. The Morgan fingerprint density at radius 1 is 1.29 bits per heavy atom. The lowest BCUT2D eigenvalue weighted by Crippen LogP contribution is -2.30. The molecule has 0 unspecified atom stereocenters. The number of aliphatic hydroxyl groups excluding tert-OH is 1. The van der Waals surface area contributed by atoms with Gasteiger partial charge in [0.25, 0.3) is 5.56 Å². The number of nitrogens with one attached hydrogen (secondary N) is 1. The summed E-state index contributed by atoms with van der Waals surface area (Å²) in [6.07, 6.45) is -0.861. The largest absolute Gasteiger partial charge is 0.491 e. The van der Waals surface area contributed by atoms with Crippen LogP contribution in [0.15, 0.2) is 39.0 Å². The minimum Gasteiger partial charge on any atom is -0.491 e. The predicted octanol–water partition coefficient (Wildman–Crippen LogP) is 1.67. The maximum atomic E-state index is 12.4. The molecule has 0 saturated heterocycles. The van der Waals surface area contributed by atoms with Gasteiger partial charge in [0.15, 0.2) is 16.3 Å². The van der Waals surface area contributed by atoms with Gasteiger partial charge in [-0.2, -0.15) is 0 Å². The van der Waals surface area contributed by atoms with Gasteiger partial charge in [-0.1, -0.05) is 43.8 Å². The summed E-state index contributed by atoms with van der Waals surface area (Å²) >= 11 is 1.46. The molecule has 1 aromatic carbocycles. The Bertz CT molecular complexity index is 1100. The predicted molar refractivity (Wildman–Crippen MR) is 109 cm³/mol. The number of aromatic amines is 1. The van der Waals surface area contributed by atoms with E-state index in [2.05, 4.69) is 9.97 Å². The number of H-pyrrole nitrogens is 1. The van der Waals surface area contributed by atoms with Crippen LogP contribution in [0, 0.1) is 6.92 Å². The Kier molecular flexibility index (Phi) is 5.95. The number of ether oxygens (including phenoxy) is 1. The molecule has 0 aliphatic rings. The summed E-state index contributed by atoms with van der Waals surface area (Å²) in [6.45, 7) is 6.14. The molecule has 0 aliphatic carbocycles. The van der Waals surface area contributed by atoms with Crippen LogP contribution in [-0.2, 0) is 13.6 Å².